The summed E-state index contributed by atoms with van der Waals surface area (Å²) in [4.78, 5) is 26.1. The molecule has 2 aromatic carbocycles. The number of rotatable bonds is 3. The summed E-state index contributed by atoms with van der Waals surface area (Å²) >= 11 is 11.9. The van der Waals surface area contributed by atoms with Gasteiger partial charge in [0.1, 0.15) is 11.3 Å². The van der Waals surface area contributed by atoms with Crippen molar-refractivity contribution in [3.8, 4) is 0 Å². The topological polar surface area (TPSA) is 53.8 Å². The zero-order valence-electron chi connectivity index (χ0n) is 13.8. The molecule has 0 aliphatic carbocycles. The third kappa shape index (κ3) is 3.23. The van der Waals surface area contributed by atoms with Gasteiger partial charge in [-0.15, -0.1) is 0 Å². The fraction of sp³-hybridized carbons (Fsp3) is 0. The Bertz CT molecular complexity index is 961. The van der Waals surface area contributed by atoms with Gasteiger partial charge in [0, 0.05) is 10.0 Å². The van der Waals surface area contributed by atoms with Gasteiger partial charge in [-0.05, 0) is 66.7 Å². The molecule has 1 fully saturated rings. The van der Waals surface area contributed by atoms with E-state index in [-0.39, 0.29) is 5.57 Å². The molecule has 2 heterocycles. The van der Waals surface area contributed by atoms with E-state index in [9.17, 15) is 9.59 Å². The summed E-state index contributed by atoms with van der Waals surface area (Å²) in [5, 5.41) is 3.66. The number of benzene rings is 2. The van der Waals surface area contributed by atoms with E-state index in [1.165, 1.54) is 22.4 Å². The maximum absolute atomic E-state index is 13.1. The van der Waals surface area contributed by atoms with Crippen molar-refractivity contribution >= 4 is 52.5 Å². The molecule has 3 aromatic rings. The first kappa shape index (κ1) is 17.4. The van der Waals surface area contributed by atoms with Crippen LogP contribution in [0.2, 0.25) is 10.0 Å². The number of furan rings is 1. The number of hydrogen-bond donors (Lipinski definition) is 0. The highest BCUT2D eigenvalue weighted by Crippen LogP contribution is 2.33. The molecule has 27 heavy (non-hydrogen) atoms. The van der Waals surface area contributed by atoms with Gasteiger partial charge < -0.3 is 4.42 Å². The number of hydrogen-bond acceptors (Lipinski definition) is 3. The van der Waals surface area contributed by atoms with E-state index in [1.807, 2.05) is 0 Å². The first-order valence-corrected chi connectivity index (χ1v) is 8.75. The smallest absolute Gasteiger partial charge is 0.283 e. The van der Waals surface area contributed by atoms with Crippen molar-refractivity contribution in [3.63, 3.8) is 0 Å². The summed E-state index contributed by atoms with van der Waals surface area (Å²) in [5.74, 6) is -0.511. The van der Waals surface area contributed by atoms with Crippen LogP contribution in [0.25, 0.3) is 6.08 Å². The summed E-state index contributed by atoms with van der Waals surface area (Å²) in [6.45, 7) is 0. The predicted molar refractivity (Wildman–Crippen MR) is 105 cm³/mol. The first-order chi connectivity index (χ1) is 13.0. The average molecular weight is 399 g/mol. The molecule has 134 valence electrons. The highest BCUT2D eigenvalue weighted by Gasteiger charge is 2.43. The summed E-state index contributed by atoms with van der Waals surface area (Å²) in [6.07, 6.45) is 2.91. The van der Waals surface area contributed by atoms with Gasteiger partial charge in [-0.2, -0.15) is 0 Å². The fourth-order valence-corrected chi connectivity index (χ4v) is 3.02. The summed E-state index contributed by atoms with van der Waals surface area (Å²) in [5.41, 5.74) is 1.01. The standard InChI is InChI=1S/C20H12Cl2N2O3/c21-13-3-7-15(8-4-13)23-19(25)18(12-17-2-1-11-27-17)20(26)24(23)16-9-5-14(22)6-10-16/h1-12H. The fourth-order valence-electron chi connectivity index (χ4n) is 2.77. The molecule has 0 radical (unpaired) electrons. The first-order valence-electron chi connectivity index (χ1n) is 8.00. The molecular weight excluding hydrogens is 387 g/mol. The summed E-state index contributed by atoms with van der Waals surface area (Å²) < 4.78 is 5.25. The molecule has 7 heteroatoms. The number of carbonyl (C=O) groups excluding carboxylic acids is 2. The number of anilines is 2. The van der Waals surface area contributed by atoms with Gasteiger partial charge in [-0.1, -0.05) is 23.2 Å². The lowest BCUT2D eigenvalue weighted by Gasteiger charge is -2.27. The molecule has 0 spiro atoms. The zero-order chi connectivity index (χ0) is 19.0. The van der Waals surface area contributed by atoms with Crippen LogP contribution >= 0.6 is 23.2 Å². The SMILES string of the molecule is O=C1C(=Cc2ccco2)C(=O)N(c2ccc(Cl)cc2)N1c1ccc(Cl)cc1. The van der Waals surface area contributed by atoms with E-state index in [2.05, 4.69) is 0 Å². The molecule has 0 saturated carbocycles. The Morgan fingerprint density at radius 3 is 1.63 bits per heavy atom. The lowest BCUT2D eigenvalue weighted by Crippen LogP contribution is -2.41. The summed E-state index contributed by atoms with van der Waals surface area (Å²) in [6, 6.07) is 16.7. The van der Waals surface area contributed by atoms with E-state index in [0.717, 1.165) is 0 Å². The quantitative estimate of drug-likeness (QED) is 0.462. The Hall–Kier alpha value is -3.02. The van der Waals surface area contributed by atoms with Crippen LogP contribution in [0.3, 0.4) is 0 Å². The maximum atomic E-state index is 13.1. The average Bonchev–Trinajstić information content (AvgIpc) is 3.26. The van der Waals surface area contributed by atoms with Crippen molar-refractivity contribution in [1.29, 1.82) is 0 Å². The van der Waals surface area contributed by atoms with Crippen LogP contribution in [0, 0.1) is 0 Å². The monoisotopic (exact) mass is 398 g/mol. The van der Waals surface area contributed by atoms with Crippen LogP contribution in [0.1, 0.15) is 5.76 Å². The van der Waals surface area contributed by atoms with Crippen LogP contribution in [-0.2, 0) is 9.59 Å². The predicted octanol–water partition coefficient (Wildman–Crippen LogP) is 4.96. The molecule has 1 aliphatic heterocycles. The number of carbonyl (C=O) groups is 2. The molecule has 2 amide bonds. The van der Waals surface area contributed by atoms with E-state index in [0.29, 0.717) is 27.2 Å². The number of amides is 2. The Labute approximate surface area is 165 Å². The molecule has 0 unspecified atom stereocenters. The molecule has 0 atom stereocenters. The van der Waals surface area contributed by atoms with Crippen molar-refractivity contribution in [2.24, 2.45) is 0 Å². The Morgan fingerprint density at radius 1 is 0.741 bits per heavy atom. The van der Waals surface area contributed by atoms with Gasteiger partial charge in [0.05, 0.1) is 17.6 Å². The van der Waals surface area contributed by atoms with Gasteiger partial charge >= 0.3 is 0 Å². The van der Waals surface area contributed by atoms with E-state index >= 15 is 0 Å². The van der Waals surface area contributed by atoms with E-state index in [1.54, 1.807) is 60.7 Å². The van der Waals surface area contributed by atoms with Crippen LogP contribution in [0.5, 0.6) is 0 Å². The molecular formula is C20H12Cl2N2O3. The second kappa shape index (κ2) is 6.95. The van der Waals surface area contributed by atoms with Crippen molar-refractivity contribution < 1.29 is 14.0 Å². The van der Waals surface area contributed by atoms with Crippen molar-refractivity contribution in [1.82, 2.24) is 0 Å². The number of halogens is 2. The highest BCUT2D eigenvalue weighted by molar-refractivity contribution is 6.38. The Balaban J connectivity index is 1.84. The van der Waals surface area contributed by atoms with Gasteiger partial charge in [0.2, 0.25) is 0 Å². The lowest BCUT2D eigenvalue weighted by molar-refractivity contribution is -0.116. The third-order valence-corrected chi connectivity index (χ3v) is 4.52. The number of nitrogens with zero attached hydrogens (tertiary/aromatic N) is 2. The van der Waals surface area contributed by atoms with Gasteiger partial charge in [0.15, 0.2) is 0 Å². The molecule has 5 nitrogen and oxygen atoms in total. The van der Waals surface area contributed by atoms with Crippen molar-refractivity contribution in [2.75, 3.05) is 10.0 Å². The second-order valence-corrected chi connectivity index (χ2v) is 6.63. The van der Waals surface area contributed by atoms with Crippen LogP contribution in [0.15, 0.2) is 76.9 Å². The van der Waals surface area contributed by atoms with E-state index in [4.69, 9.17) is 27.6 Å². The minimum atomic E-state index is -0.464. The zero-order valence-corrected chi connectivity index (χ0v) is 15.3. The molecule has 1 aliphatic rings. The Kier molecular flexibility index (Phi) is 4.48. The Morgan fingerprint density at radius 2 is 1.22 bits per heavy atom. The molecule has 1 aromatic heterocycles. The molecule has 1 saturated heterocycles. The largest absolute Gasteiger partial charge is 0.465 e. The van der Waals surface area contributed by atoms with Crippen molar-refractivity contribution in [3.05, 3.63) is 88.3 Å². The minimum absolute atomic E-state index is 0.00477. The lowest BCUT2D eigenvalue weighted by atomic mass is 10.2. The van der Waals surface area contributed by atoms with E-state index < -0.39 is 11.8 Å². The van der Waals surface area contributed by atoms with Crippen LogP contribution in [0.4, 0.5) is 11.4 Å². The minimum Gasteiger partial charge on any atom is -0.465 e. The second-order valence-electron chi connectivity index (χ2n) is 5.76. The van der Waals surface area contributed by atoms with Crippen LogP contribution in [-0.4, -0.2) is 11.8 Å². The van der Waals surface area contributed by atoms with Crippen LogP contribution < -0.4 is 10.0 Å². The summed E-state index contributed by atoms with van der Waals surface area (Å²) in [7, 11) is 0. The normalized spacial score (nSPS) is 14.2. The molecule has 0 N–H and O–H groups in total. The van der Waals surface area contributed by atoms with Gasteiger partial charge in [-0.25, -0.2) is 10.0 Å². The molecule has 4 rings (SSSR count). The highest BCUT2D eigenvalue weighted by atomic mass is 35.5. The third-order valence-electron chi connectivity index (χ3n) is 4.02. The molecule has 0 bridgehead atoms. The van der Waals surface area contributed by atoms with Crippen molar-refractivity contribution in [2.45, 2.75) is 0 Å². The number of hydrazine groups is 1. The van der Waals surface area contributed by atoms with Gasteiger partial charge in [0.25, 0.3) is 11.8 Å². The van der Waals surface area contributed by atoms with Gasteiger partial charge in [-0.3, -0.25) is 9.59 Å². The maximum Gasteiger partial charge on any atom is 0.283 e.